The van der Waals surface area contributed by atoms with E-state index in [1.807, 2.05) is 0 Å². The molecule has 0 amide bonds. The molecule has 1 heterocycles. The molecule has 0 bridgehead atoms. The number of rotatable bonds is 1. The lowest BCUT2D eigenvalue weighted by atomic mass is 10.2. The molecule has 0 radical (unpaired) electrons. The molecule has 0 aliphatic heterocycles. The molecular weight excluding hydrogens is 211 g/mol. The summed E-state index contributed by atoms with van der Waals surface area (Å²) in [6, 6.07) is 1.51. The van der Waals surface area contributed by atoms with Crippen LogP contribution in [-0.4, -0.2) is 11.3 Å². The third kappa shape index (κ3) is 2.49. The Bertz CT molecular complexity index is 422. The fourth-order valence-corrected chi connectivity index (χ4v) is 0.958. The van der Waals surface area contributed by atoms with Crippen molar-refractivity contribution in [1.29, 1.82) is 5.26 Å². The van der Waals surface area contributed by atoms with Crippen molar-refractivity contribution in [3.63, 3.8) is 0 Å². The maximum atomic E-state index is 12.0. The van der Waals surface area contributed by atoms with E-state index in [0.717, 1.165) is 6.20 Å². The molecule has 1 rings (SSSR count). The maximum Gasteiger partial charge on any atom is 0.573 e. The lowest BCUT2D eigenvalue weighted by Crippen LogP contribution is -2.19. The first kappa shape index (κ1) is 11.1. The van der Waals surface area contributed by atoms with E-state index in [4.69, 9.17) is 11.0 Å². The molecule has 0 atom stereocenters. The first-order valence-electron chi connectivity index (χ1n) is 3.76. The minimum atomic E-state index is -4.86. The molecule has 7 heteroatoms. The number of nitrogens with zero attached hydrogens (tertiary/aromatic N) is 2. The second kappa shape index (κ2) is 3.65. The summed E-state index contributed by atoms with van der Waals surface area (Å²) >= 11 is 0. The van der Waals surface area contributed by atoms with Gasteiger partial charge in [0.05, 0.1) is 0 Å². The molecule has 15 heavy (non-hydrogen) atoms. The van der Waals surface area contributed by atoms with Gasteiger partial charge in [0.15, 0.2) is 5.75 Å². The molecule has 1 aromatic heterocycles. The van der Waals surface area contributed by atoms with Crippen molar-refractivity contribution in [3.8, 4) is 11.8 Å². The van der Waals surface area contributed by atoms with Crippen molar-refractivity contribution in [2.24, 2.45) is 0 Å². The molecule has 0 unspecified atom stereocenters. The van der Waals surface area contributed by atoms with Crippen molar-refractivity contribution < 1.29 is 17.9 Å². The Kier molecular flexibility index (Phi) is 2.70. The number of nitrogens with two attached hydrogens (primary N) is 1. The van der Waals surface area contributed by atoms with Crippen LogP contribution in [0.4, 0.5) is 19.0 Å². The number of alkyl halides is 3. The first-order chi connectivity index (χ1) is 6.85. The molecule has 0 aromatic carbocycles. The molecule has 0 saturated carbocycles. The topological polar surface area (TPSA) is 71.9 Å². The second-order valence-corrected chi connectivity index (χ2v) is 2.69. The zero-order valence-electron chi connectivity index (χ0n) is 7.59. The van der Waals surface area contributed by atoms with Gasteiger partial charge < -0.3 is 10.5 Å². The van der Waals surface area contributed by atoms with Crippen LogP contribution in [-0.2, 0) is 0 Å². The number of hydrogen-bond donors (Lipinski definition) is 1. The Hall–Kier alpha value is -1.97. The van der Waals surface area contributed by atoms with Crippen molar-refractivity contribution >= 4 is 5.82 Å². The lowest BCUT2D eigenvalue weighted by molar-refractivity contribution is -0.274. The molecule has 2 N–H and O–H groups in total. The molecule has 0 fully saturated rings. The number of anilines is 1. The average molecular weight is 217 g/mol. The standard InChI is InChI=1S/C8H6F3N3O/c1-4-3-14-7(13)5(2-12)6(4)15-8(9,10)11/h3H,1H3,(H2,13,14). The van der Waals surface area contributed by atoms with Crippen molar-refractivity contribution in [2.45, 2.75) is 13.3 Å². The van der Waals surface area contributed by atoms with Gasteiger partial charge in [0.25, 0.3) is 0 Å². The highest BCUT2D eigenvalue weighted by Crippen LogP contribution is 2.31. The Morgan fingerprint density at radius 3 is 2.60 bits per heavy atom. The van der Waals surface area contributed by atoms with Crippen LogP contribution < -0.4 is 10.5 Å². The molecule has 0 saturated heterocycles. The van der Waals surface area contributed by atoms with Gasteiger partial charge in [-0.3, -0.25) is 0 Å². The molecule has 0 spiro atoms. The molecule has 1 aromatic rings. The van der Waals surface area contributed by atoms with Gasteiger partial charge in [0.2, 0.25) is 0 Å². The van der Waals surface area contributed by atoms with E-state index in [1.165, 1.54) is 13.0 Å². The summed E-state index contributed by atoms with van der Waals surface area (Å²) in [5, 5.41) is 8.60. The number of aromatic nitrogens is 1. The van der Waals surface area contributed by atoms with Gasteiger partial charge in [-0.25, -0.2) is 4.98 Å². The van der Waals surface area contributed by atoms with E-state index in [9.17, 15) is 13.2 Å². The number of halogens is 3. The molecule has 4 nitrogen and oxygen atoms in total. The Balaban J connectivity index is 3.28. The highest BCUT2D eigenvalue weighted by atomic mass is 19.4. The fourth-order valence-electron chi connectivity index (χ4n) is 0.958. The van der Waals surface area contributed by atoms with E-state index < -0.39 is 17.7 Å². The third-order valence-corrected chi connectivity index (χ3v) is 1.57. The Labute approximate surface area is 83.1 Å². The van der Waals surface area contributed by atoms with Crippen molar-refractivity contribution in [3.05, 3.63) is 17.3 Å². The molecular formula is C8H6F3N3O. The number of nitrogen functional groups attached to an aromatic ring is 1. The third-order valence-electron chi connectivity index (χ3n) is 1.57. The molecule has 0 aliphatic carbocycles. The summed E-state index contributed by atoms with van der Waals surface area (Å²) in [5.74, 6) is -0.889. The van der Waals surface area contributed by atoms with Gasteiger partial charge in [-0.05, 0) is 6.92 Å². The van der Waals surface area contributed by atoms with Gasteiger partial charge in [0.1, 0.15) is 17.5 Å². The van der Waals surface area contributed by atoms with Gasteiger partial charge >= 0.3 is 6.36 Å². The number of hydrogen-bond acceptors (Lipinski definition) is 4. The SMILES string of the molecule is Cc1cnc(N)c(C#N)c1OC(F)(F)F. The second-order valence-electron chi connectivity index (χ2n) is 2.69. The van der Waals surface area contributed by atoms with Crippen LogP contribution in [0.25, 0.3) is 0 Å². The highest BCUT2D eigenvalue weighted by Gasteiger charge is 2.33. The van der Waals surface area contributed by atoms with Crippen LogP contribution in [0, 0.1) is 18.3 Å². The zero-order valence-corrected chi connectivity index (χ0v) is 7.59. The van der Waals surface area contributed by atoms with Crippen LogP contribution in [0.1, 0.15) is 11.1 Å². The largest absolute Gasteiger partial charge is 0.573 e. The molecule has 0 aliphatic rings. The number of pyridine rings is 1. The van der Waals surface area contributed by atoms with E-state index >= 15 is 0 Å². The van der Waals surface area contributed by atoms with Crippen molar-refractivity contribution in [1.82, 2.24) is 4.98 Å². The van der Waals surface area contributed by atoms with Gasteiger partial charge in [-0.15, -0.1) is 13.2 Å². The number of nitriles is 1. The predicted molar refractivity (Wildman–Crippen MR) is 44.8 cm³/mol. The van der Waals surface area contributed by atoms with Crippen LogP contribution in [0.15, 0.2) is 6.20 Å². The Morgan fingerprint density at radius 2 is 2.13 bits per heavy atom. The van der Waals surface area contributed by atoms with Gasteiger partial charge in [-0.2, -0.15) is 5.26 Å². The normalized spacial score (nSPS) is 10.9. The summed E-state index contributed by atoms with van der Waals surface area (Å²) in [6.45, 7) is 1.34. The number of aryl methyl sites for hydroxylation is 1. The summed E-state index contributed by atoms with van der Waals surface area (Å²) in [5.41, 5.74) is 4.92. The first-order valence-corrected chi connectivity index (χ1v) is 3.76. The van der Waals surface area contributed by atoms with Crippen LogP contribution in [0.3, 0.4) is 0 Å². The van der Waals surface area contributed by atoms with Gasteiger partial charge in [0, 0.05) is 11.8 Å². The summed E-state index contributed by atoms with van der Waals surface area (Å²) in [4.78, 5) is 3.55. The summed E-state index contributed by atoms with van der Waals surface area (Å²) in [7, 11) is 0. The van der Waals surface area contributed by atoms with Crippen LogP contribution in [0.2, 0.25) is 0 Å². The smallest absolute Gasteiger partial charge is 0.404 e. The Morgan fingerprint density at radius 1 is 1.53 bits per heavy atom. The maximum absolute atomic E-state index is 12.0. The quantitative estimate of drug-likeness (QED) is 0.777. The number of ether oxygens (including phenoxy) is 1. The van der Waals surface area contributed by atoms with E-state index in [-0.39, 0.29) is 11.4 Å². The van der Waals surface area contributed by atoms with Crippen LogP contribution in [0.5, 0.6) is 5.75 Å². The minimum Gasteiger partial charge on any atom is -0.404 e. The van der Waals surface area contributed by atoms with Crippen molar-refractivity contribution in [2.75, 3.05) is 5.73 Å². The van der Waals surface area contributed by atoms with Crippen LogP contribution >= 0.6 is 0 Å². The highest BCUT2D eigenvalue weighted by molar-refractivity contribution is 5.59. The summed E-state index contributed by atoms with van der Waals surface area (Å²) < 4.78 is 39.6. The average Bonchev–Trinajstić information content (AvgIpc) is 2.10. The fraction of sp³-hybridized carbons (Fsp3) is 0.250. The minimum absolute atomic E-state index is 0.0954. The van der Waals surface area contributed by atoms with E-state index in [2.05, 4.69) is 9.72 Å². The van der Waals surface area contributed by atoms with E-state index in [0.29, 0.717) is 0 Å². The van der Waals surface area contributed by atoms with E-state index in [1.54, 1.807) is 0 Å². The molecule has 80 valence electrons. The predicted octanol–water partition coefficient (Wildman–Crippen LogP) is 1.74. The zero-order chi connectivity index (χ0) is 11.6. The van der Waals surface area contributed by atoms with Gasteiger partial charge in [-0.1, -0.05) is 0 Å². The lowest BCUT2D eigenvalue weighted by Gasteiger charge is -2.12. The summed E-state index contributed by atoms with van der Waals surface area (Å²) in [6.07, 6.45) is -3.75. The monoisotopic (exact) mass is 217 g/mol.